The molecule has 2 aromatic carbocycles. The van der Waals surface area contributed by atoms with Crippen molar-refractivity contribution in [2.24, 2.45) is 0 Å². The molecule has 27 heavy (non-hydrogen) atoms. The number of rotatable bonds is 5. The fourth-order valence-electron chi connectivity index (χ4n) is 3.09. The molecule has 6 heteroatoms. The fraction of sp³-hybridized carbons (Fsp3) is 0.286. The van der Waals surface area contributed by atoms with Gasteiger partial charge >= 0.3 is 6.03 Å². The molecule has 0 unspecified atom stereocenters. The smallest absolute Gasteiger partial charge is 0.321 e. The van der Waals surface area contributed by atoms with Gasteiger partial charge in [0.2, 0.25) is 0 Å². The van der Waals surface area contributed by atoms with Crippen molar-refractivity contribution in [3.05, 3.63) is 60.3 Å². The molecule has 0 aliphatic carbocycles. The number of methoxy groups -OCH3 is 2. The highest BCUT2D eigenvalue weighted by Crippen LogP contribution is 2.28. The fourth-order valence-corrected chi connectivity index (χ4v) is 3.09. The number of anilines is 1. The molecule has 0 bridgehead atoms. The van der Waals surface area contributed by atoms with Crippen molar-refractivity contribution < 1.29 is 14.3 Å². The topological polar surface area (TPSA) is 54.0 Å². The van der Waals surface area contributed by atoms with Crippen molar-refractivity contribution in [1.29, 1.82) is 0 Å². The first-order valence-electron chi connectivity index (χ1n) is 8.95. The molecule has 142 valence electrons. The molecule has 0 saturated carbocycles. The van der Waals surface area contributed by atoms with Crippen LogP contribution in [-0.4, -0.2) is 51.3 Å². The van der Waals surface area contributed by atoms with E-state index in [4.69, 9.17) is 9.47 Å². The number of nitrogens with one attached hydrogen (secondary N) is 1. The van der Waals surface area contributed by atoms with Gasteiger partial charge in [0.25, 0.3) is 0 Å². The lowest BCUT2D eigenvalue weighted by Gasteiger charge is -2.36. The summed E-state index contributed by atoms with van der Waals surface area (Å²) in [4.78, 5) is 16.4. The predicted molar refractivity (Wildman–Crippen MR) is 107 cm³/mol. The third-order valence-electron chi connectivity index (χ3n) is 4.57. The highest BCUT2D eigenvalue weighted by atomic mass is 16.5. The summed E-state index contributed by atoms with van der Waals surface area (Å²) in [6, 6.07) is 15.5. The molecular formula is C21H25N3O3. The number of piperazine rings is 1. The predicted octanol–water partition coefficient (Wildman–Crippen LogP) is 3.21. The summed E-state index contributed by atoms with van der Waals surface area (Å²) in [5, 5.41) is 2.84. The molecule has 1 fully saturated rings. The Morgan fingerprint density at radius 2 is 1.78 bits per heavy atom. The average molecular weight is 367 g/mol. The monoisotopic (exact) mass is 367 g/mol. The quantitative estimate of drug-likeness (QED) is 0.882. The highest BCUT2D eigenvalue weighted by molar-refractivity contribution is 5.76. The largest absolute Gasteiger partial charge is 0.497 e. The average Bonchev–Trinajstić information content (AvgIpc) is 2.74. The van der Waals surface area contributed by atoms with E-state index < -0.39 is 0 Å². The number of nitrogens with zero attached hydrogens (tertiary/aromatic N) is 2. The van der Waals surface area contributed by atoms with E-state index in [1.807, 2.05) is 59.5 Å². The normalized spacial score (nSPS) is 14.3. The molecule has 1 aliphatic rings. The lowest BCUT2D eigenvalue weighted by Crippen LogP contribution is -2.51. The van der Waals surface area contributed by atoms with Crippen LogP contribution in [0.15, 0.2) is 54.7 Å². The number of urea groups is 1. The van der Waals surface area contributed by atoms with E-state index >= 15 is 0 Å². The Kier molecular flexibility index (Phi) is 6.20. The molecule has 1 heterocycles. The summed E-state index contributed by atoms with van der Waals surface area (Å²) >= 11 is 0. The third-order valence-corrected chi connectivity index (χ3v) is 4.57. The zero-order valence-electron chi connectivity index (χ0n) is 15.7. The number of hydrogen-bond donors (Lipinski definition) is 1. The standard InChI is InChI=1S/C21H25N3O3/c1-26-18-7-5-6-17(16-18)10-11-22-21(25)24-14-12-23(13-15-24)19-8-3-4-9-20(19)27-2/h3-11,16H,12-15H2,1-2H3,(H,22,25)/b11-10+. The summed E-state index contributed by atoms with van der Waals surface area (Å²) in [6.07, 6.45) is 3.52. The van der Waals surface area contributed by atoms with Crippen molar-refractivity contribution in [2.45, 2.75) is 0 Å². The van der Waals surface area contributed by atoms with E-state index in [0.717, 1.165) is 35.8 Å². The van der Waals surface area contributed by atoms with Crippen LogP contribution in [0.3, 0.4) is 0 Å². The Morgan fingerprint density at radius 1 is 1.00 bits per heavy atom. The highest BCUT2D eigenvalue weighted by Gasteiger charge is 2.22. The number of benzene rings is 2. The second-order valence-electron chi connectivity index (χ2n) is 6.21. The van der Waals surface area contributed by atoms with Gasteiger partial charge < -0.3 is 24.6 Å². The number of ether oxygens (including phenoxy) is 2. The first-order valence-corrected chi connectivity index (χ1v) is 8.95. The van der Waals surface area contributed by atoms with E-state index in [9.17, 15) is 4.79 Å². The lowest BCUT2D eigenvalue weighted by atomic mass is 10.2. The van der Waals surface area contributed by atoms with Crippen molar-refractivity contribution in [1.82, 2.24) is 10.2 Å². The second-order valence-corrected chi connectivity index (χ2v) is 6.21. The van der Waals surface area contributed by atoms with Crippen LogP contribution in [0.5, 0.6) is 11.5 Å². The molecule has 1 N–H and O–H groups in total. The Labute approximate surface area is 160 Å². The second kappa shape index (κ2) is 8.98. The number of amides is 2. The molecule has 0 radical (unpaired) electrons. The molecule has 0 atom stereocenters. The van der Waals surface area contributed by atoms with E-state index in [1.165, 1.54) is 0 Å². The third kappa shape index (κ3) is 4.73. The van der Waals surface area contributed by atoms with Crippen LogP contribution in [0.1, 0.15) is 5.56 Å². The molecule has 3 rings (SSSR count). The molecule has 6 nitrogen and oxygen atoms in total. The SMILES string of the molecule is COc1cccc(/C=C/NC(=O)N2CCN(c3ccccc3OC)CC2)c1. The van der Waals surface area contributed by atoms with Crippen LogP contribution in [-0.2, 0) is 0 Å². The van der Waals surface area contributed by atoms with E-state index in [1.54, 1.807) is 20.4 Å². The van der Waals surface area contributed by atoms with E-state index in [-0.39, 0.29) is 6.03 Å². The maximum atomic E-state index is 12.4. The Hall–Kier alpha value is -3.15. The molecule has 1 aliphatic heterocycles. The van der Waals surface area contributed by atoms with Gasteiger partial charge in [0.1, 0.15) is 11.5 Å². The van der Waals surface area contributed by atoms with Crippen molar-refractivity contribution in [3.63, 3.8) is 0 Å². The van der Waals surface area contributed by atoms with E-state index in [2.05, 4.69) is 10.2 Å². The molecule has 0 spiro atoms. The zero-order chi connectivity index (χ0) is 19.1. The van der Waals surface area contributed by atoms with Gasteiger partial charge in [-0.25, -0.2) is 4.79 Å². The van der Waals surface area contributed by atoms with Crippen LogP contribution >= 0.6 is 0 Å². The van der Waals surface area contributed by atoms with Gasteiger partial charge in [0.05, 0.1) is 19.9 Å². The molecule has 2 aromatic rings. The van der Waals surface area contributed by atoms with Gasteiger partial charge in [-0.3, -0.25) is 0 Å². The van der Waals surface area contributed by atoms with Crippen molar-refractivity contribution >= 4 is 17.8 Å². The van der Waals surface area contributed by atoms with Gasteiger partial charge in [0.15, 0.2) is 0 Å². The van der Waals surface area contributed by atoms with Gasteiger partial charge in [-0.2, -0.15) is 0 Å². The zero-order valence-corrected chi connectivity index (χ0v) is 15.7. The molecule has 1 saturated heterocycles. The molecule has 2 amide bonds. The lowest BCUT2D eigenvalue weighted by molar-refractivity contribution is 0.198. The number of carbonyl (C=O) groups excluding carboxylic acids is 1. The number of para-hydroxylation sites is 2. The first kappa shape index (κ1) is 18.6. The minimum Gasteiger partial charge on any atom is -0.497 e. The van der Waals surface area contributed by atoms with Crippen LogP contribution in [0, 0.1) is 0 Å². The van der Waals surface area contributed by atoms with Gasteiger partial charge in [0, 0.05) is 32.4 Å². The van der Waals surface area contributed by atoms with Crippen LogP contribution in [0.4, 0.5) is 10.5 Å². The minimum absolute atomic E-state index is 0.0891. The molecular weight excluding hydrogens is 342 g/mol. The van der Waals surface area contributed by atoms with Gasteiger partial charge in [-0.15, -0.1) is 0 Å². The van der Waals surface area contributed by atoms with Crippen LogP contribution in [0.2, 0.25) is 0 Å². The Bertz CT molecular complexity index is 799. The Balaban J connectivity index is 1.52. The Morgan fingerprint density at radius 3 is 2.52 bits per heavy atom. The van der Waals surface area contributed by atoms with Crippen LogP contribution in [0.25, 0.3) is 6.08 Å². The maximum Gasteiger partial charge on any atom is 0.321 e. The van der Waals surface area contributed by atoms with Gasteiger partial charge in [-0.1, -0.05) is 24.3 Å². The maximum absolute atomic E-state index is 12.4. The summed E-state index contributed by atoms with van der Waals surface area (Å²) in [7, 11) is 3.31. The van der Waals surface area contributed by atoms with E-state index in [0.29, 0.717) is 13.1 Å². The number of carbonyl (C=O) groups is 1. The first-order chi connectivity index (χ1) is 13.2. The minimum atomic E-state index is -0.0891. The van der Waals surface area contributed by atoms with Crippen molar-refractivity contribution in [3.8, 4) is 11.5 Å². The van der Waals surface area contributed by atoms with Crippen LogP contribution < -0.4 is 19.7 Å². The summed E-state index contributed by atoms with van der Waals surface area (Å²) in [5.74, 6) is 1.65. The number of hydrogen-bond acceptors (Lipinski definition) is 4. The van der Waals surface area contributed by atoms with Crippen molar-refractivity contribution in [2.75, 3.05) is 45.3 Å². The summed E-state index contributed by atoms with van der Waals surface area (Å²) in [6.45, 7) is 2.87. The summed E-state index contributed by atoms with van der Waals surface area (Å²) < 4.78 is 10.6. The molecule has 0 aromatic heterocycles. The van der Waals surface area contributed by atoms with Gasteiger partial charge in [-0.05, 0) is 35.9 Å². The summed E-state index contributed by atoms with van der Waals surface area (Å²) in [5.41, 5.74) is 2.04.